The number of aliphatic hydroxyl groups is 3. The third-order valence-electron chi connectivity index (χ3n) is 7.08. The Kier molecular flexibility index (Phi) is 6.97. The van der Waals surface area contributed by atoms with Gasteiger partial charge in [0.1, 0.15) is 12.4 Å². The quantitative estimate of drug-likeness (QED) is 0.634. The molecular weight excluding hydrogens is 390 g/mol. The molecule has 0 amide bonds. The average Bonchev–Trinajstić information content (AvgIpc) is 3.09. The number of aliphatic hydroxyl groups excluding tert-OH is 2. The lowest BCUT2D eigenvalue weighted by Gasteiger charge is -2.31. The minimum Gasteiger partial charge on any atom is -0.491 e. The predicted octanol–water partition coefficient (Wildman–Crippen LogP) is 3.39. The molecule has 0 bridgehead atoms. The van der Waals surface area contributed by atoms with Gasteiger partial charge in [-0.25, -0.2) is 0 Å². The van der Waals surface area contributed by atoms with Gasteiger partial charge < -0.3 is 20.1 Å². The van der Waals surface area contributed by atoms with Crippen molar-refractivity contribution in [3.8, 4) is 5.75 Å². The normalized spacial score (nSPS) is 26.1. The van der Waals surface area contributed by atoms with Crippen LogP contribution in [0.25, 0.3) is 0 Å². The second-order valence-electron chi connectivity index (χ2n) is 9.35. The monoisotopic (exact) mass is 425 g/mol. The largest absolute Gasteiger partial charge is 0.491 e. The smallest absolute Gasteiger partial charge is 0.119 e. The average molecular weight is 426 g/mol. The van der Waals surface area contributed by atoms with Crippen molar-refractivity contribution in [2.24, 2.45) is 0 Å². The fourth-order valence-corrected chi connectivity index (χ4v) is 5.17. The third-order valence-corrected chi connectivity index (χ3v) is 7.08. The Labute approximate surface area is 185 Å². The van der Waals surface area contributed by atoms with E-state index < -0.39 is 11.7 Å². The van der Waals surface area contributed by atoms with E-state index in [1.807, 2.05) is 36.4 Å². The van der Waals surface area contributed by atoms with Crippen LogP contribution in [0.1, 0.15) is 54.7 Å². The zero-order chi connectivity index (χ0) is 21.8. The number of aryl methyl sites for hydroxylation is 1. The molecule has 2 aromatic rings. The first kappa shape index (κ1) is 22.3. The summed E-state index contributed by atoms with van der Waals surface area (Å²) in [4.78, 5) is 2.17. The van der Waals surface area contributed by atoms with Crippen LogP contribution in [0.2, 0.25) is 0 Å². The highest BCUT2D eigenvalue weighted by atomic mass is 16.5. The molecule has 5 heteroatoms. The molecule has 0 radical (unpaired) electrons. The van der Waals surface area contributed by atoms with Gasteiger partial charge in [0.15, 0.2) is 0 Å². The molecule has 31 heavy (non-hydrogen) atoms. The van der Waals surface area contributed by atoms with E-state index in [4.69, 9.17) is 4.74 Å². The van der Waals surface area contributed by atoms with Crippen LogP contribution in [0.4, 0.5) is 0 Å². The molecule has 3 atom stereocenters. The maximum absolute atomic E-state index is 10.9. The van der Waals surface area contributed by atoms with Crippen molar-refractivity contribution < 1.29 is 20.1 Å². The number of benzene rings is 2. The summed E-state index contributed by atoms with van der Waals surface area (Å²) in [6, 6.07) is 15.8. The molecule has 1 heterocycles. The van der Waals surface area contributed by atoms with Crippen LogP contribution in [0.15, 0.2) is 48.5 Å². The number of hydrogen-bond acceptors (Lipinski definition) is 5. The van der Waals surface area contributed by atoms with E-state index in [9.17, 15) is 15.3 Å². The number of nitrogens with zero attached hydrogens (tertiary/aromatic N) is 1. The second kappa shape index (κ2) is 9.70. The van der Waals surface area contributed by atoms with Crippen molar-refractivity contribution in [3.63, 3.8) is 0 Å². The summed E-state index contributed by atoms with van der Waals surface area (Å²) in [6.07, 6.45) is 4.36. The highest BCUT2D eigenvalue weighted by Crippen LogP contribution is 2.35. The van der Waals surface area contributed by atoms with E-state index in [2.05, 4.69) is 24.0 Å². The van der Waals surface area contributed by atoms with E-state index >= 15 is 0 Å². The van der Waals surface area contributed by atoms with Crippen molar-refractivity contribution in [2.45, 2.75) is 69.2 Å². The molecule has 3 N–H and O–H groups in total. The molecule has 4 rings (SSSR count). The Morgan fingerprint density at radius 2 is 1.74 bits per heavy atom. The van der Waals surface area contributed by atoms with Crippen LogP contribution in [-0.2, 0) is 6.54 Å². The fourth-order valence-electron chi connectivity index (χ4n) is 5.17. The van der Waals surface area contributed by atoms with Gasteiger partial charge in [0.2, 0.25) is 0 Å². The Morgan fingerprint density at radius 1 is 1.03 bits per heavy atom. The molecule has 1 saturated heterocycles. The molecule has 168 valence electrons. The van der Waals surface area contributed by atoms with E-state index in [0.29, 0.717) is 19.7 Å². The standard InChI is InChI=1S/C26H35NO4/c1-19-7-3-4-8-22(19)23-16-27(24(17-28)25(23)29)15-20-9-11-21(12-10-20)31-18-26(30)13-5-2-6-14-26/h3-4,7-12,23-25,28-30H,2,5-6,13-18H2,1H3/t23-,24-,25-/m1/s1. The summed E-state index contributed by atoms with van der Waals surface area (Å²) in [5.41, 5.74) is 2.74. The van der Waals surface area contributed by atoms with Gasteiger partial charge in [-0.15, -0.1) is 0 Å². The van der Waals surface area contributed by atoms with Gasteiger partial charge in [0, 0.05) is 19.0 Å². The van der Waals surface area contributed by atoms with Crippen molar-refractivity contribution >= 4 is 0 Å². The molecule has 1 aliphatic carbocycles. The lowest BCUT2D eigenvalue weighted by molar-refractivity contribution is -0.0339. The first-order chi connectivity index (χ1) is 15.0. The molecule has 0 unspecified atom stereocenters. The van der Waals surface area contributed by atoms with Gasteiger partial charge in [-0.3, -0.25) is 4.90 Å². The highest BCUT2D eigenvalue weighted by molar-refractivity contribution is 5.33. The Bertz CT molecular complexity index is 847. The lowest BCUT2D eigenvalue weighted by Crippen LogP contribution is -2.38. The SMILES string of the molecule is Cc1ccccc1[C@H]1CN(Cc2ccc(OCC3(O)CCCCC3)cc2)[C@H](CO)[C@@H]1O. The Balaban J connectivity index is 1.38. The van der Waals surface area contributed by atoms with Crippen molar-refractivity contribution in [1.82, 2.24) is 4.90 Å². The number of likely N-dealkylation sites (tertiary alicyclic amines) is 1. The van der Waals surface area contributed by atoms with Gasteiger partial charge >= 0.3 is 0 Å². The summed E-state index contributed by atoms with van der Waals surface area (Å²) in [5.74, 6) is 0.762. The molecule has 2 aliphatic rings. The van der Waals surface area contributed by atoms with Crippen molar-refractivity contribution in [2.75, 3.05) is 19.8 Å². The minimum absolute atomic E-state index is 0.00260. The van der Waals surface area contributed by atoms with E-state index in [0.717, 1.165) is 42.6 Å². The van der Waals surface area contributed by atoms with Crippen LogP contribution in [-0.4, -0.2) is 57.7 Å². The van der Waals surface area contributed by atoms with Crippen molar-refractivity contribution in [1.29, 1.82) is 0 Å². The molecule has 2 fully saturated rings. The van der Waals surface area contributed by atoms with Crippen molar-refractivity contribution in [3.05, 3.63) is 65.2 Å². The van der Waals surface area contributed by atoms with Gasteiger partial charge in [0.05, 0.1) is 24.4 Å². The molecule has 1 aliphatic heterocycles. The van der Waals surface area contributed by atoms with Crippen LogP contribution in [0, 0.1) is 6.92 Å². The molecular formula is C26H35NO4. The van der Waals surface area contributed by atoms with E-state index in [1.165, 1.54) is 12.0 Å². The zero-order valence-electron chi connectivity index (χ0n) is 18.4. The second-order valence-corrected chi connectivity index (χ2v) is 9.35. The zero-order valence-corrected chi connectivity index (χ0v) is 18.4. The molecule has 1 saturated carbocycles. The molecule has 2 aromatic carbocycles. The summed E-state index contributed by atoms with van der Waals surface area (Å²) in [6.45, 7) is 3.72. The van der Waals surface area contributed by atoms with Gasteiger partial charge in [-0.1, -0.05) is 55.7 Å². The first-order valence-corrected chi connectivity index (χ1v) is 11.5. The molecule has 0 spiro atoms. The Hall–Kier alpha value is -1.92. The van der Waals surface area contributed by atoms with Crippen LogP contribution >= 0.6 is 0 Å². The fraction of sp³-hybridized carbons (Fsp3) is 0.538. The van der Waals surface area contributed by atoms with Gasteiger partial charge in [-0.05, 0) is 48.6 Å². The summed E-state index contributed by atoms with van der Waals surface area (Å²) in [7, 11) is 0. The topological polar surface area (TPSA) is 73.2 Å². The number of rotatable bonds is 7. The Morgan fingerprint density at radius 3 is 2.42 bits per heavy atom. The highest BCUT2D eigenvalue weighted by Gasteiger charge is 2.41. The van der Waals surface area contributed by atoms with E-state index in [-0.39, 0.29) is 18.6 Å². The summed E-state index contributed by atoms with van der Waals surface area (Å²) < 4.78 is 5.88. The van der Waals surface area contributed by atoms with Gasteiger partial charge in [-0.2, -0.15) is 0 Å². The number of hydrogen-bond donors (Lipinski definition) is 3. The summed E-state index contributed by atoms with van der Waals surface area (Å²) in [5, 5.41) is 31.4. The van der Waals surface area contributed by atoms with Crippen LogP contribution in [0.5, 0.6) is 5.75 Å². The van der Waals surface area contributed by atoms with Crippen LogP contribution < -0.4 is 4.74 Å². The maximum atomic E-state index is 10.9. The third kappa shape index (κ3) is 5.12. The van der Waals surface area contributed by atoms with E-state index in [1.54, 1.807) is 0 Å². The molecule has 5 nitrogen and oxygen atoms in total. The first-order valence-electron chi connectivity index (χ1n) is 11.5. The minimum atomic E-state index is -0.693. The molecule has 0 aromatic heterocycles. The van der Waals surface area contributed by atoms with Crippen LogP contribution in [0.3, 0.4) is 0 Å². The maximum Gasteiger partial charge on any atom is 0.119 e. The van der Waals surface area contributed by atoms with Gasteiger partial charge in [0.25, 0.3) is 0 Å². The lowest BCUT2D eigenvalue weighted by atomic mass is 9.85. The number of ether oxygens (including phenoxy) is 1. The summed E-state index contributed by atoms with van der Waals surface area (Å²) >= 11 is 0. The predicted molar refractivity (Wildman–Crippen MR) is 121 cm³/mol.